The van der Waals surface area contributed by atoms with E-state index in [2.05, 4.69) is 11.9 Å². The Hall–Kier alpha value is -2.12. The Balaban J connectivity index is 1.94. The fraction of sp³-hybridized carbons (Fsp3) is 0.550. The van der Waals surface area contributed by atoms with E-state index < -0.39 is 11.4 Å². The average Bonchev–Trinajstić information content (AvgIpc) is 2.67. The van der Waals surface area contributed by atoms with Crippen LogP contribution in [0.4, 0.5) is 10.5 Å². The number of barbiturate groups is 1. The van der Waals surface area contributed by atoms with Gasteiger partial charge in [-0.05, 0) is 31.5 Å². The van der Waals surface area contributed by atoms with Crippen molar-refractivity contribution in [1.29, 1.82) is 0 Å². The number of quaternary nitrogens is 1. The number of fused-ring (bicyclic) bond motifs is 4. The maximum atomic E-state index is 13.7. The zero-order valence-electron chi connectivity index (χ0n) is 16.5. The highest BCUT2D eigenvalue weighted by molar-refractivity contribution is 6.32. The lowest BCUT2D eigenvalue weighted by molar-refractivity contribution is -0.883. The minimum absolute atomic E-state index is 0.231. The van der Waals surface area contributed by atoms with Crippen molar-refractivity contribution in [3.05, 3.63) is 28.8 Å². The van der Waals surface area contributed by atoms with Crippen molar-refractivity contribution in [3.63, 3.8) is 0 Å². The largest absolute Gasteiger partial charge is 0.355 e. The summed E-state index contributed by atoms with van der Waals surface area (Å²) in [5.41, 5.74) is 0.502. The number of urea groups is 1. The molecule has 3 aliphatic heterocycles. The Bertz CT molecular complexity index is 832. The summed E-state index contributed by atoms with van der Waals surface area (Å²) in [4.78, 5) is 46.0. The number of imide groups is 2. The highest BCUT2D eigenvalue weighted by Gasteiger charge is 2.65. The minimum atomic E-state index is -1.32. The average molecular weight is 406 g/mol. The maximum Gasteiger partial charge on any atom is 0.333 e. The van der Waals surface area contributed by atoms with Gasteiger partial charge < -0.3 is 9.80 Å². The molecule has 1 aromatic rings. The van der Waals surface area contributed by atoms with Crippen molar-refractivity contribution >= 4 is 35.1 Å². The molecule has 3 aliphatic rings. The number of rotatable bonds is 2. The van der Waals surface area contributed by atoms with Crippen molar-refractivity contribution in [2.75, 3.05) is 44.7 Å². The number of halogens is 1. The molecule has 0 bridgehead atoms. The number of likely N-dealkylation sites (N-methyl/N-ethyl adjacent to an activating group) is 1. The number of benzene rings is 1. The second-order valence-electron chi connectivity index (χ2n) is 7.89. The molecule has 2 atom stereocenters. The van der Waals surface area contributed by atoms with Crippen LogP contribution in [0.3, 0.4) is 0 Å². The second kappa shape index (κ2) is 6.74. The number of nitrogens with one attached hydrogen (secondary N) is 1. The second-order valence-corrected chi connectivity index (χ2v) is 8.29. The quantitative estimate of drug-likeness (QED) is 0.724. The minimum Gasteiger partial charge on any atom is -0.355 e. The first kappa shape index (κ1) is 19.2. The molecule has 2 fully saturated rings. The summed E-state index contributed by atoms with van der Waals surface area (Å²) in [6.07, 6.45) is 0.231. The lowest BCUT2D eigenvalue weighted by Gasteiger charge is -2.55. The molecule has 1 spiro atoms. The molecule has 1 unspecified atom stereocenters. The number of carbonyl (C=O) groups is 3. The number of hydrogen-bond donors (Lipinski definition) is 1. The summed E-state index contributed by atoms with van der Waals surface area (Å²) in [6.45, 7) is 6.34. The first-order valence-corrected chi connectivity index (χ1v) is 10.3. The third-order valence-corrected chi connectivity index (χ3v) is 6.83. The van der Waals surface area contributed by atoms with Crippen LogP contribution in [-0.2, 0) is 16.0 Å². The van der Waals surface area contributed by atoms with Gasteiger partial charge in [0.15, 0.2) is 5.41 Å². The van der Waals surface area contributed by atoms with E-state index in [1.54, 1.807) is 19.9 Å². The van der Waals surface area contributed by atoms with Gasteiger partial charge in [0, 0.05) is 30.2 Å². The molecule has 0 radical (unpaired) electrons. The van der Waals surface area contributed by atoms with E-state index in [0.717, 1.165) is 24.3 Å². The van der Waals surface area contributed by atoms with Gasteiger partial charge in [-0.2, -0.15) is 0 Å². The summed E-state index contributed by atoms with van der Waals surface area (Å²) in [7, 11) is 2.08. The SMILES string of the molecule is CCN1C(=O)N(CC)C(=O)C2(Cc3c(Cl)cccc3N3CC[NH+](C)C[C@H]32)C1=O. The molecule has 3 heterocycles. The maximum absolute atomic E-state index is 13.7. The van der Waals surface area contributed by atoms with Crippen LogP contribution in [0.1, 0.15) is 19.4 Å². The Kier molecular flexibility index (Phi) is 4.62. The Morgan fingerprint density at radius 2 is 1.79 bits per heavy atom. The van der Waals surface area contributed by atoms with Crippen molar-refractivity contribution < 1.29 is 19.3 Å². The Morgan fingerprint density at radius 1 is 1.14 bits per heavy atom. The van der Waals surface area contributed by atoms with Gasteiger partial charge in [0.1, 0.15) is 6.04 Å². The summed E-state index contributed by atoms with van der Waals surface area (Å²) < 4.78 is 0. The van der Waals surface area contributed by atoms with Gasteiger partial charge in [0.25, 0.3) is 0 Å². The van der Waals surface area contributed by atoms with Crippen molar-refractivity contribution in [1.82, 2.24) is 9.80 Å². The van der Waals surface area contributed by atoms with Crippen LogP contribution < -0.4 is 9.80 Å². The van der Waals surface area contributed by atoms with Crippen LogP contribution in [0.5, 0.6) is 0 Å². The smallest absolute Gasteiger partial charge is 0.333 e. The van der Waals surface area contributed by atoms with Crippen LogP contribution in [0.15, 0.2) is 18.2 Å². The number of amides is 4. The van der Waals surface area contributed by atoms with Crippen LogP contribution in [0.2, 0.25) is 5.02 Å². The molecule has 4 amide bonds. The summed E-state index contributed by atoms with van der Waals surface area (Å²) in [5, 5.41) is 0.560. The molecule has 1 N–H and O–H groups in total. The van der Waals surface area contributed by atoms with Crippen LogP contribution in [0.25, 0.3) is 0 Å². The van der Waals surface area contributed by atoms with Crippen LogP contribution in [0, 0.1) is 5.41 Å². The van der Waals surface area contributed by atoms with Crippen LogP contribution in [-0.4, -0.2) is 73.5 Å². The van der Waals surface area contributed by atoms with E-state index in [4.69, 9.17) is 11.6 Å². The summed E-state index contributed by atoms with van der Waals surface area (Å²) >= 11 is 6.52. The normalized spacial score (nSPS) is 26.6. The molecule has 4 rings (SSSR count). The third-order valence-electron chi connectivity index (χ3n) is 6.47. The molecule has 7 nitrogen and oxygen atoms in total. The number of anilines is 1. The molecule has 28 heavy (non-hydrogen) atoms. The van der Waals surface area contributed by atoms with Crippen molar-refractivity contribution in [2.45, 2.75) is 26.3 Å². The van der Waals surface area contributed by atoms with E-state index in [9.17, 15) is 14.4 Å². The van der Waals surface area contributed by atoms with Crippen molar-refractivity contribution in [2.24, 2.45) is 5.41 Å². The highest BCUT2D eigenvalue weighted by atomic mass is 35.5. The van der Waals surface area contributed by atoms with Gasteiger partial charge in [0.2, 0.25) is 11.8 Å². The zero-order chi connectivity index (χ0) is 20.2. The first-order chi connectivity index (χ1) is 13.4. The number of piperazine rings is 1. The fourth-order valence-electron chi connectivity index (χ4n) is 5.01. The number of nitrogens with zero attached hydrogens (tertiary/aromatic N) is 3. The molecule has 2 saturated heterocycles. The highest BCUT2D eigenvalue weighted by Crippen LogP contribution is 2.47. The summed E-state index contributed by atoms with van der Waals surface area (Å²) in [6, 6.07) is 4.90. The monoisotopic (exact) mass is 405 g/mol. The Labute approximate surface area is 169 Å². The molecule has 0 aliphatic carbocycles. The lowest BCUT2D eigenvalue weighted by atomic mass is 9.67. The Morgan fingerprint density at radius 3 is 2.39 bits per heavy atom. The number of hydrogen-bond acceptors (Lipinski definition) is 4. The first-order valence-electron chi connectivity index (χ1n) is 9.90. The predicted octanol–water partition coefficient (Wildman–Crippen LogP) is 0.416. The molecule has 150 valence electrons. The van der Waals surface area contributed by atoms with Gasteiger partial charge in [0.05, 0.1) is 26.7 Å². The van der Waals surface area contributed by atoms with Crippen LogP contribution >= 0.6 is 11.6 Å². The van der Waals surface area contributed by atoms with E-state index >= 15 is 0 Å². The lowest BCUT2D eigenvalue weighted by Crippen LogP contribution is -3.14. The zero-order valence-corrected chi connectivity index (χ0v) is 17.3. The molecule has 0 aromatic heterocycles. The summed E-state index contributed by atoms with van der Waals surface area (Å²) in [5.74, 6) is -0.769. The predicted molar refractivity (Wildman–Crippen MR) is 106 cm³/mol. The fourth-order valence-corrected chi connectivity index (χ4v) is 5.25. The number of carbonyl (C=O) groups excluding carboxylic acids is 3. The van der Waals surface area contributed by atoms with E-state index in [-0.39, 0.29) is 37.4 Å². The molecule has 0 saturated carbocycles. The molecular weight excluding hydrogens is 380 g/mol. The van der Waals surface area contributed by atoms with E-state index in [1.165, 1.54) is 14.7 Å². The van der Waals surface area contributed by atoms with Gasteiger partial charge in [-0.3, -0.25) is 19.4 Å². The molecule has 8 heteroatoms. The van der Waals surface area contributed by atoms with Gasteiger partial charge in [-0.1, -0.05) is 17.7 Å². The van der Waals surface area contributed by atoms with E-state index in [1.807, 2.05) is 12.1 Å². The molecule has 1 aromatic carbocycles. The standard InChI is InChI=1S/C20H25ClN4O3/c1-4-23-17(26)20(18(27)24(5-2)19(23)28)11-13-14(21)7-6-8-15(13)25-10-9-22(3)12-16(20)25/h6-8,16H,4-5,9-12H2,1-3H3/p+1/t16-/m0/s1. The van der Waals surface area contributed by atoms with Crippen molar-refractivity contribution in [3.8, 4) is 0 Å². The van der Waals surface area contributed by atoms with Gasteiger partial charge in [-0.25, -0.2) is 4.79 Å². The third kappa shape index (κ3) is 2.42. The molecular formula is C20H26ClN4O3+. The topological polar surface area (TPSA) is 65.4 Å². The van der Waals surface area contributed by atoms with Gasteiger partial charge in [-0.15, -0.1) is 0 Å². The van der Waals surface area contributed by atoms with Gasteiger partial charge >= 0.3 is 6.03 Å². The van der Waals surface area contributed by atoms with E-state index in [0.29, 0.717) is 11.6 Å².